The maximum absolute atomic E-state index is 11.5. The summed E-state index contributed by atoms with van der Waals surface area (Å²) in [7, 11) is 0. The van der Waals surface area contributed by atoms with Gasteiger partial charge in [-0.1, -0.05) is 23.2 Å². The van der Waals surface area contributed by atoms with Crippen LogP contribution in [0.3, 0.4) is 0 Å². The second-order valence-electron chi connectivity index (χ2n) is 8.66. The predicted octanol–water partition coefficient (Wildman–Crippen LogP) is 7.57. The highest BCUT2D eigenvalue weighted by Gasteiger charge is 2.22. The van der Waals surface area contributed by atoms with Crippen molar-refractivity contribution in [3.63, 3.8) is 0 Å². The minimum absolute atomic E-state index is 0.0406. The predicted molar refractivity (Wildman–Crippen MR) is 160 cm³/mol. The molecule has 0 aliphatic heterocycles. The molecule has 4 aromatic rings. The minimum Gasteiger partial charge on any atom is -0.488 e. The molecule has 0 heterocycles. The fourth-order valence-corrected chi connectivity index (χ4v) is 4.17. The van der Waals surface area contributed by atoms with E-state index in [1.807, 2.05) is 0 Å². The number of nitro benzene ring substituents is 4. The van der Waals surface area contributed by atoms with Crippen molar-refractivity contribution in [1.82, 2.24) is 0 Å². The lowest BCUT2D eigenvalue weighted by Gasteiger charge is -2.16. The van der Waals surface area contributed by atoms with Gasteiger partial charge < -0.3 is 20.1 Å². The molecule has 0 bridgehead atoms. The highest BCUT2D eigenvalue weighted by atomic mass is 35.5. The lowest BCUT2D eigenvalue weighted by molar-refractivity contribution is -0.393. The van der Waals surface area contributed by atoms with Gasteiger partial charge in [0.15, 0.2) is 0 Å². The number of anilines is 4. The van der Waals surface area contributed by atoms with E-state index in [4.69, 9.17) is 32.7 Å². The summed E-state index contributed by atoms with van der Waals surface area (Å²) in [6.45, 7) is -0.114. The van der Waals surface area contributed by atoms with Gasteiger partial charge in [-0.15, -0.1) is 0 Å². The van der Waals surface area contributed by atoms with Crippen LogP contribution in [0, 0.1) is 40.5 Å². The zero-order valence-corrected chi connectivity index (χ0v) is 23.5. The Hall–Kier alpha value is -5.74. The van der Waals surface area contributed by atoms with E-state index in [1.54, 1.807) is 0 Å². The van der Waals surface area contributed by atoms with E-state index in [9.17, 15) is 40.5 Å². The van der Waals surface area contributed by atoms with Crippen molar-refractivity contribution >= 4 is 68.7 Å². The van der Waals surface area contributed by atoms with Crippen molar-refractivity contribution in [2.45, 2.75) is 0 Å². The SMILES string of the molecule is O=[N+]([O-])c1ccc(Nc2cc(Cl)ccc2OCCOc2ccc(Cl)cc2Nc2ccc([N+](=O)[O-])cc2[N+](=O)[O-])c([N+](=O)[O-])c1. The van der Waals surface area contributed by atoms with Crippen LogP contribution in [0.4, 0.5) is 45.5 Å². The third-order valence-corrected chi connectivity index (χ3v) is 6.27. The van der Waals surface area contributed by atoms with Crippen LogP contribution < -0.4 is 20.1 Å². The van der Waals surface area contributed by atoms with Gasteiger partial charge in [-0.3, -0.25) is 40.5 Å². The molecule has 4 aromatic carbocycles. The molecule has 4 rings (SSSR count). The van der Waals surface area contributed by atoms with Crippen molar-refractivity contribution < 1.29 is 29.2 Å². The van der Waals surface area contributed by atoms with E-state index in [0.717, 1.165) is 24.3 Å². The van der Waals surface area contributed by atoms with Gasteiger partial charge in [0.05, 0.1) is 43.2 Å². The van der Waals surface area contributed by atoms with E-state index in [2.05, 4.69) is 10.6 Å². The van der Waals surface area contributed by atoms with E-state index < -0.39 is 42.4 Å². The Morgan fingerprint density at radius 1 is 0.523 bits per heavy atom. The first-order chi connectivity index (χ1) is 20.9. The van der Waals surface area contributed by atoms with Gasteiger partial charge in [-0.25, -0.2) is 0 Å². The maximum atomic E-state index is 11.5. The summed E-state index contributed by atoms with van der Waals surface area (Å²) < 4.78 is 11.6. The second kappa shape index (κ2) is 13.5. The fourth-order valence-electron chi connectivity index (χ4n) is 3.83. The van der Waals surface area contributed by atoms with Gasteiger partial charge in [-0.2, -0.15) is 0 Å². The number of nitrogens with one attached hydrogen (secondary N) is 2. The number of ether oxygens (including phenoxy) is 2. The third-order valence-electron chi connectivity index (χ3n) is 5.80. The molecule has 0 amide bonds. The molecule has 0 fully saturated rings. The average Bonchev–Trinajstić information content (AvgIpc) is 2.97. The summed E-state index contributed by atoms with van der Waals surface area (Å²) in [6, 6.07) is 15.2. The molecule has 0 saturated carbocycles. The Labute approximate surface area is 256 Å². The number of nitrogens with zero attached hydrogens (tertiary/aromatic N) is 4. The van der Waals surface area contributed by atoms with Gasteiger partial charge in [0, 0.05) is 22.2 Å². The summed E-state index contributed by atoms with van der Waals surface area (Å²) in [5.41, 5.74) is -1.61. The quantitative estimate of drug-likeness (QED) is 0.0817. The monoisotopic (exact) mass is 644 g/mol. The van der Waals surface area contributed by atoms with Gasteiger partial charge in [-0.05, 0) is 48.5 Å². The van der Waals surface area contributed by atoms with Crippen LogP contribution in [0.2, 0.25) is 10.0 Å². The first-order valence-corrected chi connectivity index (χ1v) is 12.9. The Morgan fingerprint density at radius 2 is 0.909 bits per heavy atom. The molecular formula is C26H18Cl2N6O10. The van der Waals surface area contributed by atoms with E-state index in [-0.39, 0.29) is 57.5 Å². The van der Waals surface area contributed by atoms with Crippen LogP contribution in [-0.2, 0) is 0 Å². The zero-order chi connectivity index (χ0) is 32.0. The number of non-ortho nitro benzene ring substituents is 2. The zero-order valence-electron chi connectivity index (χ0n) is 22.0. The molecular weight excluding hydrogens is 627 g/mol. The summed E-state index contributed by atoms with van der Waals surface area (Å²) in [6.07, 6.45) is 0. The standard InChI is InChI=1S/C26H18Cl2N6O10/c27-15-1-7-25(21(11-15)29-19-5-3-17(31(35)36)13-23(19)33(39)40)43-9-10-44-26-8-2-16(28)12-22(26)30-20-6-4-18(32(37)38)14-24(20)34(41)42/h1-8,11-14,29-30H,9-10H2. The van der Waals surface area contributed by atoms with Gasteiger partial charge in [0.25, 0.3) is 22.7 Å². The number of rotatable bonds is 13. The molecule has 0 unspecified atom stereocenters. The Morgan fingerprint density at radius 3 is 1.25 bits per heavy atom. The van der Waals surface area contributed by atoms with Crippen molar-refractivity contribution in [2.75, 3.05) is 23.8 Å². The van der Waals surface area contributed by atoms with Crippen molar-refractivity contribution in [3.05, 3.63) is 123 Å². The Balaban J connectivity index is 1.49. The van der Waals surface area contributed by atoms with Crippen LogP contribution in [0.5, 0.6) is 11.5 Å². The second-order valence-corrected chi connectivity index (χ2v) is 9.53. The first kappa shape index (κ1) is 31.2. The molecule has 44 heavy (non-hydrogen) atoms. The van der Waals surface area contributed by atoms with Crippen LogP contribution in [-0.4, -0.2) is 32.9 Å². The van der Waals surface area contributed by atoms with E-state index >= 15 is 0 Å². The maximum Gasteiger partial charge on any atom is 0.299 e. The van der Waals surface area contributed by atoms with E-state index in [0.29, 0.717) is 0 Å². The Kier molecular flexibility index (Phi) is 9.57. The smallest absolute Gasteiger partial charge is 0.299 e. The number of halogens is 2. The van der Waals surface area contributed by atoms with Crippen LogP contribution in [0.1, 0.15) is 0 Å². The van der Waals surface area contributed by atoms with Crippen molar-refractivity contribution in [2.24, 2.45) is 0 Å². The third kappa shape index (κ3) is 7.55. The molecule has 0 radical (unpaired) electrons. The summed E-state index contributed by atoms with van der Waals surface area (Å²) in [5.74, 6) is 0.447. The number of benzene rings is 4. The molecule has 0 atom stereocenters. The molecule has 0 saturated heterocycles. The highest BCUT2D eigenvalue weighted by Crippen LogP contribution is 2.38. The largest absolute Gasteiger partial charge is 0.488 e. The molecule has 0 aliphatic rings. The molecule has 0 aromatic heterocycles. The van der Waals surface area contributed by atoms with E-state index in [1.165, 1.54) is 48.5 Å². The van der Waals surface area contributed by atoms with Crippen LogP contribution in [0.25, 0.3) is 0 Å². The topological polar surface area (TPSA) is 215 Å². The molecule has 0 aliphatic carbocycles. The molecule has 226 valence electrons. The van der Waals surface area contributed by atoms with Crippen LogP contribution in [0.15, 0.2) is 72.8 Å². The molecule has 0 spiro atoms. The number of nitro groups is 4. The average molecular weight is 645 g/mol. The Bertz CT molecular complexity index is 1660. The normalized spacial score (nSPS) is 10.5. The molecule has 16 nitrogen and oxygen atoms in total. The molecule has 2 N–H and O–H groups in total. The van der Waals surface area contributed by atoms with Gasteiger partial charge in [0.2, 0.25) is 0 Å². The highest BCUT2D eigenvalue weighted by molar-refractivity contribution is 6.31. The lowest BCUT2D eigenvalue weighted by Crippen LogP contribution is -2.11. The minimum atomic E-state index is -0.767. The fraction of sp³-hybridized carbons (Fsp3) is 0.0769. The van der Waals surface area contributed by atoms with Gasteiger partial charge in [0.1, 0.15) is 36.1 Å². The first-order valence-electron chi connectivity index (χ1n) is 12.2. The summed E-state index contributed by atoms with van der Waals surface area (Å²) in [5, 5.41) is 51.4. The molecule has 18 heteroatoms. The summed E-state index contributed by atoms with van der Waals surface area (Å²) in [4.78, 5) is 42.1. The van der Waals surface area contributed by atoms with Crippen LogP contribution >= 0.6 is 23.2 Å². The van der Waals surface area contributed by atoms with Crippen molar-refractivity contribution in [1.29, 1.82) is 0 Å². The number of hydrogen-bond donors (Lipinski definition) is 2. The summed E-state index contributed by atoms with van der Waals surface area (Å²) >= 11 is 12.2. The number of hydrogen-bond acceptors (Lipinski definition) is 12. The lowest BCUT2D eigenvalue weighted by atomic mass is 10.2. The van der Waals surface area contributed by atoms with Gasteiger partial charge >= 0.3 is 0 Å². The van der Waals surface area contributed by atoms with Crippen molar-refractivity contribution in [3.8, 4) is 11.5 Å².